The highest BCUT2D eigenvalue weighted by molar-refractivity contribution is 5.93. The summed E-state index contributed by atoms with van der Waals surface area (Å²) in [4.78, 5) is 31.1. The molecule has 98 valence electrons. The Morgan fingerprint density at radius 3 is 2.32 bits per heavy atom. The van der Waals surface area contributed by atoms with Crippen molar-refractivity contribution in [2.45, 2.75) is 0 Å². The molecule has 0 aliphatic rings. The van der Waals surface area contributed by atoms with Crippen LogP contribution in [0.2, 0.25) is 0 Å². The lowest BCUT2D eigenvalue weighted by molar-refractivity contribution is -0.423. The molecule has 0 bridgehead atoms. The van der Waals surface area contributed by atoms with Gasteiger partial charge >= 0.3 is 17.0 Å². The van der Waals surface area contributed by atoms with Crippen LogP contribution in [0.5, 0.6) is 5.75 Å². The van der Waals surface area contributed by atoms with Gasteiger partial charge in [0.15, 0.2) is 11.3 Å². The summed E-state index contributed by atoms with van der Waals surface area (Å²) in [6.07, 6.45) is 0. The topological polar surface area (TPSA) is 126 Å². The van der Waals surface area contributed by atoms with Crippen molar-refractivity contribution < 1.29 is 19.0 Å². The Kier molecular flexibility index (Phi) is 2.87. The van der Waals surface area contributed by atoms with Crippen molar-refractivity contribution in [1.82, 2.24) is 0 Å². The van der Waals surface area contributed by atoms with Gasteiger partial charge in [-0.15, -0.1) is 0 Å². The van der Waals surface area contributed by atoms with Crippen LogP contribution in [-0.2, 0) is 0 Å². The molecule has 0 amide bonds. The molecule has 0 spiro atoms. The van der Waals surface area contributed by atoms with E-state index < -0.39 is 26.8 Å². The highest BCUT2D eigenvalue weighted by Gasteiger charge is 2.34. The van der Waals surface area contributed by atoms with E-state index in [0.717, 1.165) is 0 Å². The van der Waals surface area contributed by atoms with Gasteiger partial charge in [-0.25, -0.2) is 4.79 Å². The van der Waals surface area contributed by atoms with E-state index in [9.17, 15) is 25.0 Å². The smallest absolute Gasteiger partial charge is 0.430 e. The number of fused-ring (bicyclic) bond motifs is 1. The quantitative estimate of drug-likeness (QED) is 0.469. The minimum absolute atomic E-state index is 0.0765. The number of methoxy groups -OCH3 is 1. The van der Waals surface area contributed by atoms with Crippen molar-refractivity contribution in [3.63, 3.8) is 0 Å². The fourth-order valence-electron chi connectivity index (χ4n) is 1.68. The van der Waals surface area contributed by atoms with E-state index in [2.05, 4.69) is 0 Å². The second-order valence-corrected chi connectivity index (χ2v) is 3.44. The first-order chi connectivity index (χ1) is 8.97. The Morgan fingerprint density at radius 2 is 1.79 bits per heavy atom. The van der Waals surface area contributed by atoms with Crippen LogP contribution in [-0.4, -0.2) is 17.0 Å². The number of para-hydroxylation sites is 1. The number of nitrogens with zero attached hydrogens (tertiary/aromatic N) is 2. The molecule has 19 heavy (non-hydrogen) atoms. The fraction of sp³-hybridized carbons (Fsp3) is 0.100. The second kappa shape index (κ2) is 4.37. The maximum absolute atomic E-state index is 11.5. The standard InChI is InChI=1S/C10H6N2O7/c1-18-6-4-2-3-5-7(11(14)15)8(12(16)17)10(13)19-9(5)6/h2-4H,1H3. The third-order valence-corrected chi connectivity index (χ3v) is 2.43. The van der Waals surface area contributed by atoms with Crippen LogP contribution >= 0.6 is 0 Å². The molecule has 2 rings (SSSR count). The third-order valence-electron chi connectivity index (χ3n) is 2.43. The average molecular weight is 266 g/mol. The molecule has 9 heteroatoms. The van der Waals surface area contributed by atoms with Crippen LogP contribution in [0.4, 0.5) is 11.4 Å². The first kappa shape index (κ1) is 12.5. The summed E-state index contributed by atoms with van der Waals surface area (Å²) in [5, 5.41) is 21.6. The van der Waals surface area contributed by atoms with Crippen LogP contribution in [0.3, 0.4) is 0 Å². The van der Waals surface area contributed by atoms with Gasteiger partial charge in [-0.05, 0) is 12.1 Å². The highest BCUT2D eigenvalue weighted by Crippen LogP contribution is 2.35. The van der Waals surface area contributed by atoms with Crippen LogP contribution in [0.25, 0.3) is 11.0 Å². The number of hydrogen-bond donors (Lipinski definition) is 0. The second-order valence-electron chi connectivity index (χ2n) is 3.44. The summed E-state index contributed by atoms with van der Waals surface area (Å²) in [6.45, 7) is 0. The van der Waals surface area contributed by atoms with Crippen molar-refractivity contribution in [2.24, 2.45) is 0 Å². The van der Waals surface area contributed by atoms with E-state index in [1.807, 2.05) is 0 Å². The SMILES string of the molecule is COc1cccc2c([N+](=O)[O-])c([N+](=O)[O-])c(=O)oc12. The molecule has 0 fully saturated rings. The number of rotatable bonds is 3. The van der Waals surface area contributed by atoms with E-state index in [1.165, 1.54) is 25.3 Å². The molecule has 1 aromatic heterocycles. The van der Waals surface area contributed by atoms with Crippen molar-refractivity contribution >= 4 is 22.3 Å². The van der Waals surface area contributed by atoms with E-state index >= 15 is 0 Å². The molecule has 0 saturated carbocycles. The third kappa shape index (κ3) is 1.86. The molecule has 1 aromatic carbocycles. The fourth-order valence-corrected chi connectivity index (χ4v) is 1.68. The largest absolute Gasteiger partial charge is 0.493 e. The maximum Gasteiger partial charge on any atom is 0.430 e. The predicted molar refractivity (Wildman–Crippen MR) is 62.3 cm³/mol. The highest BCUT2D eigenvalue weighted by atomic mass is 16.6. The maximum atomic E-state index is 11.5. The van der Waals surface area contributed by atoms with Gasteiger partial charge in [0, 0.05) is 0 Å². The summed E-state index contributed by atoms with van der Waals surface area (Å²) in [5.41, 5.74) is -3.71. The van der Waals surface area contributed by atoms with Gasteiger partial charge in [-0.2, -0.15) is 0 Å². The van der Waals surface area contributed by atoms with Crippen molar-refractivity contribution in [1.29, 1.82) is 0 Å². The minimum Gasteiger partial charge on any atom is -0.493 e. The van der Waals surface area contributed by atoms with Crippen LogP contribution < -0.4 is 10.4 Å². The number of ether oxygens (including phenoxy) is 1. The zero-order valence-corrected chi connectivity index (χ0v) is 9.48. The van der Waals surface area contributed by atoms with Crippen LogP contribution in [0.1, 0.15) is 0 Å². The zero-order chi connectivity index (χ0) is 14.2. The molecule has 0 aliphatic carbocycles. The monoisotopic (exact) mass is 266 g/mol. The molecule has 0 saturated heterocycles. The van der Waals surface area contributed by atoms with Crippen LogP contribution in [0, 0.1) is 20.2 Å². The van der Waals surface area contributed by atoms with E-state index in [-0.39, 0.29) is 16.7 Å². The lowest BCUT2D eigenvalue weighted by atomic mass is 10.2. The lowest BCUT2D eigenvalue weighted by Gasteiger charge is -2.03. The zero-order valence-electron chi connectivity index (χ0n) is 9.48. The number of hydrogen-bond acceptors (Lipinski definition) is 7. The molecular formula is C10H6N2O7. The lowest BCUT2D eigenvalue weighted by Crippen LogP contribution is -2.10. The molecule has 0 atom stereocenters. The minimum atomic E-state index is -1.39. The summed E-state index contributed by atoms with van der Waals surface area (Å²) in [7, 11) is 1.28. The van der Waals surface area contributed by atoms with E-state index in [4.69, 9.17) is 9.15 Å². The van der Waals surface area contributed by atoms with Crippen molar-refractivity contribution in [2.75, 3.05) is 7.11 Å². The predicted octanol–water partition coefficient (Wildman–Crippen LogP) is 1.62. The van der Waals surface area contributed by atoms with Crippen molar-refractivity contribution in [3.05, 3.63) is 48.8 Å². The Labute approximate surface area is 104 Å². The van der Waals surface area contributed by atoms with Crippen LogP contribution in [0.15, 0.2) is 27.4 Å². The van der Waals surface area contributed by atoms with Gasteiger partial charge in [0.2, 0.25) is 0 Å². The molecule has 9 nitrogen and oxygen atoms in total. The molecular weight excluding hydrogens is 260 g/mol. The van der Waals surface area contributed by atoms with E-state index in [1.54, 1.807) is 0 Å². The van der Waals surface area contributed by atoms with Gasteiger partial charge < -0.3 is 9.15 Å². The van der Waals surface area contributed by atoms with Gasteiger partial charge in [-0.3, -0.25) is 20.2 Å². The number of benzene rings is 1. The summed E-state index contributed by atoms with van der Waals surface area (Å²) >= 11 is 0. The van der Waals surface area contributed by atoms with Gasteiger partial charge in [0.05, 0.1) is 17.0 Å². The molecule has 0 unspecified atom stereocenters. The molecule has 0 aliphatic heterocycles. The van der Waals surface area contributed by atoms with Gasteiger partial charge in [-0.1, -0.05) is 6.07 Å². The summed E-state index contributed by atoms with van der Waals surface area (Å²) < 4.78 is 9.63. The first-order valence-electron chi connectivity index (χ1n) is 4.90. The Bertz CT molecular complexity index is 749. The Balaban J connectivity index is 3.06. The van der Waals surface area contributed by atoms with Crippen molar-refractivity contribution in [3.8, 4) is 5.75 Å². The molecule has 2 aromatic rings. The Hall–Kier alpha value is -2.97. The average Bonchev–Trinajstić information content (AvgIpc) is 2.35. The number of nitro groups is 2. The van der Waals surface area contributed by atoms with E-state index in [0.29, 0.717) is 0 Å². The molecule has 0 radical (unpaired) electrons. The Morgan fingerprint density at radius 1 is 1.16 bits per heavy atom. The normalized spacial score (nSPS) is 10.4. The molecule has 0 N–H and O–H groups in total. The molecule has 1 heterocycles. The summed E-state index contributed by atoms with van der Waals surface area (Å²) in [5.74, 6) is 0.0765. The summed E-state index contributed by atoms with van der Waals surface area (Å²) in [6, 6.07) is 4.06. The van der Waals surface area contributed by atoms with Gasteiger partial charge in [0.25, 0.3) is 0 Å². The van der Waals surface area contributed by atoms with Gasteiger partial charge in [0.1, 0.15) is 5.39 Å². The first-order valence-corrected chi connectivity index (χ1v) is 4.90.